The van der Waals surface area contributed by atoms with Crippen molar-refractivity contribution in [1.29, 1.82) is 0 Å². The van der Waals surface area contributed by atoms with Crippen LogP contribution in [0.3, 0.4) is 0 Å². The fraction of sp³-hybridized carbons (Fsp3) is 0.269. The summed E-state index contributed by atoms with van der Waals surface area (Å²) in [5.41, 5.74) is 3.45. The first-order valence-corrected chi connectivity index (χ1v) is 12.1. The molecule has 3 aromatic rings. The van der Waals surface area contributed by atoms with Crippen LogP contribution in [0.15, 0.2) is 69.8 Å². The minimum Gasteiger partial charge on any atom is -0.497 e. The van der Waals surface area contributed by atoms with E-state index in [1.54, 1.807) is 26.4 Å². The van der Waals surface area contributed by atoms with Gasteiger partial charge in [0, 0.05) is 29.0 Å². The molecule has 0 amide bonds. The van der Waals surface area contributed by atoms with Gasteiger partial charge in [0.2, 0.25) is 0 Å². The molecule has 2 aromatic carbocycles. The molecular formula is C26H25N3O4S. The molecule has 5 rings (SSSR count). The second-order valence-corrected chi connectivity index (χ2v) is 9.21. The van der Waals surface area contributed by atoms with Gasteiger partial charge < -0.3 is 19.8 Å². The topological polar surface area (TPSA) is 93.3 Å². The third-order valence-corrected chi connectivity index (χ3v) is 7.15. The molecular weight excluding hydrogens is 450 g/mol. The number of ketones is 1. The Morgan fingerprint density at radius 1 is 1.06 bits per heavy atom. The van der Waals surface area contributed by atoms with Gasteiger partial charge in [0.1, 0.15) is 17.3 Å². The van der Waals surface area contributed by atoms with Crippen molar-refractivity contribution in [2.45, 2.75) is 36.1 Å². The number of aromatic amines is 1. The molecule has 1 aromatic heterocycles. The highest BCUT2D eigenvalue weighted by molar-refractivity contribution is 7.98. The van der Waals surface area contributed by atoms with Crippen molar-refractivity contribution in [3.8, 4) is 11.5 Å². The van der Waals surface area contributed by atoms with Crippen LogP contribution in [0.2, 0.25) is 0 Å². The number of thioether (sulfide) groups is 1. The fourth-order valence-electron chi connectivity index (χ4n) is 4.61. The zero-order valence-corrected chi connectivity index (χ0v) is 19.8. The van der Waals surface area contributed by atoms with Crippen LogP contribution in [0, 0.1) is 0 Å². The van der Waals surface area contributed by atoms with E-state index in [1.807, 2.05) is 36.4 Å². The van der Waals surface area contributed by atoms with Crippen LogP contribution in [0.1, 0.15) is 41.9 Å². The van der Waals surface area contributed by atoms with Crippen LogP contribution in [0.5, 0.6) is 11.5 Å². The molecule has 1 aliphatic heterocycles. The molecule has 0 saturated carbocycles. The van der Waals surface area contributed by atoms with E-state index in [0.29, 0.717) is 51.3 Å². The number of allylic oxidation sites excluding steroid dienone is 2. The molecule has 34 heavy (non-hydrogen) atoms. The van der Waals surface area contributed by atoms with Crippen LogP contribution < -0.4 is 20.3 Å². The summed E-state index contributed by atoms with van der Waals surface area (Å²) in [7, 11) is 3.17. The van der Waals surface area contributed by atoms with Gasteiger partial charge in [-0.25, -0.2) is 4.98 Å². The van der Waals surface area contributed by atoms with Crippen molar-refractivity contribution in [3.05, 3.63) is 86.8 Å². The number of carbonyl (C=O) groups is 1. The maximum Gasteiger partial charge on any atom is 0.257 e. The van der Waals surface area contributed by atoms with E-state index in [-0.39, 0.29) is 11.3 Å². The monoisotopic (exact) mass is 475 g/mol. The first-order chi connectivity index (χ1) is 16.6. The van der Waals surface area contributed by atoms with Crippen LogP contribution in [0.25, 0.3) is 0 Å². The highest BCUT2D eigenvalue weighted by Gasteiger charge is 2.39. The van der Waals surface area contributed by atoms with E-state index in [1.165, 1.54) is 11.8 Å². The lowest BCUT2D eigenvalue weighted by Crippen LogP contribution is -2.33. The van der Waals surface area contributed by atoms with Crippen molar-refractivity contribution in [2.75, 3.05) is 19.5 Å². The number of benzene rings is 2. The highest BCUT2D eigenvalue weighted by atomic mass is 32.2. The van der Waals surface area contributed by atoms with Gasteiger partial charge in [-0.2, -0.15) is 0 Å². The van der Waals surface area contributed by atoms with Gasteiger partial charge in [-0.1, -0.05) is 42.1 Å². The number of rotatable bonds is 6. The standard InChI is InChI=1S/C26H25N3O4S/c1-32-16-11-12-20(33-2)17(13-16)21-22-18(9-6-10-19(22)30)27-24-23(21)25(31)29-26(28-24)34-14-15-7-4-3-5-8-15/h3-5,7-8,11-13,21H,6,9-10,14H2,1-2H3,(H2,27,28,29,31)/t21-/m1/s1. The lowest BCUT2D eigenvalue weighted by atomic mass is 9.76. The molecule has 174 valence electrons. The molecule has 7 nitrogen and oxygen atoms in total. The molecule has 2 heterocycles. The lowest BCUT2D eigenvalue weighted by Gasteiger charge is -2.33. The van der Waals surface area contributed by atoms with Crippen molar-refractivity contribution in [2.24, 2.45) is 0 Å². The number of aromatic nitrogens is 2. The van der Waals surface area contributed by atoms with E-state index in [0.717, 1.165) is 24.1 Å². The Balaban J connectivity index is 1.63. The average molecular weight is 476 g/mol. The molecule has 0 saturated heterocycles. The Bertz CT molecular complexity index is 1330. The highest BCUT2D eigenvalue weighted by Crippen LogP contribution is 2.46. The molecule has 2 N–H and O–H groups in total. The minimum absolute atomic E-state index is 0.0382. The second kappa shape index (κ2) is 9.38. The quantitative estimate of drug-likeness (QED) is 0.396. The minimum atomic E-state index is -0.589. The Morgan fingerprint density at radius 2 is 1.88 bits per heavy atom. The summed E-state index contributed by atoms with van der Waals surface area (Å²) in [5, 5.41) is 3.85. The van der Waals surface area contributed by atoms with Gasteiger partial charge in [-0.05, 0) is 36.6 Å². The number of nitrogens with one attached hydrogen (secondary N) is 2. The van der Waals surface area contributed by atoms with Gasteiger partial charge in [-0.15, -0.1) is 0 Å². The SMILES string of the molecule is COc1ccc(OC)c([C@@H]2C3=C(CCCC3=O)Nc3nc(SCc4ccccc4)[nH]c(=O)c32)c1. The third-order valence-electron chi connectivity index (χ3n) is 6.20. The summed E-state index contributed by atoms with van der Waals surface area (Å²) in [5.74, 6) is 1.83. The van der Waals surface area contributed by atoms with Gasteiger partial charge in [0.05, 0.1) is 25.7 Å². The number of nitrogens with zero attached hydrogens (tertiary/aromatic N) is 1. The summed E-state index contributed by atoms with van der Waals surface area (Å²) in [6.07, 6.45) is 1.94. The van der Waals surface area contributed by atoms with Crippen LogP contribution >= 0.6 is 11.8 Å². The van der Waals surface area contributed by atoms with Gasteiger partial charge in [0.15, 0.2) is 10.9 Å². The Kier molecular flexibility index (Phi) is 6.15. The largest absolute Gasteiger partial charge is 0.497 e. The fourth-order valence-corrected chi connectivity index (χ4v) is 5.43. The number of fused-ring (bicyclic) bond motifs is 1. The van der Waals surface area contributed by atoms with Gasteiger partial charge >= 0.3 is 0 Å². The zero-order chi connectivity index (χ0) is 23.7. The number of H-pyrrole nitrogens is 1. The number of carbonyl (C=O) groups excluding carboxylic acids is 1. The smallest absolute Gasteiger partial charge is 0.257 e. The van der Waals surface area contributed by atoms with Crippen LogP contribution in [0.4, 0.5) is 5.82 Å². The van der Waals surface area contributed by atoms with E-state index >= 15 is 0 Å². The first-order valence-electron chi connectivity index (χ1n) is 11.1. The maximum atomic E-state index is 13.5. The zero-order valence-electron chi connectivity index (χ0n) is 19.0. The van der Waals surface area contributed by atoms with Crippen molar-refractivity contribution < 1.29 is 14.3 Å². The van der Waals surface area contributed by atoms with Gasteiger partial charge in [-0.3, -0.25) is 9.59 Å². The number of methoxy groups -OCH3 is 2. The summed E-state index contributed by atoms with van der Waals surface area (Å²) >= 11 is 1.47. The summed E-state index contributed by atoms with van der Waals surface area (Å²) < 4.78 is 11.1. The molecule has 0 unspecified atom stereocenters. The normalized spacial score (nSPS) is 17.0. The molecule has 1 aliphatic carbocycles. The molecule has 8 heteroatoms. The van der Waals surface area contributed by atoms with Crippen molar-refractivity contribution in [1.82, 2.24) is 9.97 Å². The predicted molar refractivity (Wildman–Crippen MR) is 132 cm³/mol. The molecule has 0 fully saturated rings. The van der Waals surface area contributed by atoms with E-state index < -0.39 is 5.92 Å². The Labute approximate surface area is 201 Å². The van der Waals surface area contributed by atoms with Gasteiger partial charge in [0.25, 0.3) is 5.56 Å². The van der Waals surface area contributed by atoms with E-state index in [9.17, 15) is 9.59 Å². The van der Waals surface area contributed by atoms with Crippen LogP contribution in [-0.4, -0.2) is 30.0 Å². The molecule has 0 bridgehead atoms. The predicted octanol–water partition coefficient (Wildman–Crippen LogP) is 4.64. The second-order valence-electron chi connectivity index (χ2n) is 8.24. The van der Waals surface area contributed by atoms with Crippen molar-refractivity contribution in [3.63, 3.8) is 0 Å². The number of anilines is 1. The number of hydrogen-bond acceptors (Lipinski definition) is 7. The maximum absolute atomic E-state index is 13.5. The molecule has 0 spiro atoms. The summed E-state index contributed by atoms with van der Waals surface area (Å²) in [4.78, 5) is 34.3. The average Bonchev–Trinajstić information content (AvgIpc) is 2.86. The Morgan fingerprint density at radius 3 is 2.65 bits per heavy atom. The van der Waals surface area contributed by atoms with Crippen LogP contribution in [-0.2, 0) is 10.5 Å². The molecule has 1 atom stereocenters. The van der Waals surface area contributed by atoms with Crippen molar-refractivity contribution >= 4 is 23.4 Å². The third kappa shape index (κ3) is 4.09. The number of Topliss-reactive ketones (excluding diaryl/α,β-unsaturated/α-hetero) is 1. The van der Waals surface area contributed by atoms with E-state index in [2.05, 4.69) is 10.3 Å². The number of hydrogen-bond donors (Lipinski definition) is 2. The molecule has 2 aliphatic rings. The molecule has 0 radical (unpaired) electrons. The lowest BCUT2D eigenvalue weighted by molar-refractivity contribution is -0.116. The summed E-state index contributed by atoms with van der Waals surface area (Å²) in [6, 6.07) is 15.5. The summed E-state index contributed by atoms with van der Waals surface area (Å²) in [6.45, 7) is 0. The number of ether oxygens (including phenoxy) is 2. The first kappa shape index (κ1) is 22.3. The Hall–Kier alpha value is -3.52. The van der Waals surface area contributed by atoms with E-state index in [4.69, 9.17) is 14.5 Å².